The molecule has 0 radical (unpaired) electrons. The predicted molar refractivity (Wildman–Crippen MR) is 35.4 cm³/mol. The summed E-state index contributed by atoms with van der Waals surface area (Å²) in [5.74, 6) is 0. The highest BCUT2D eigenvalue weighted by Gasteiger charge is 2.01. The molecule has 0 aliphatic rings. The topological polar surface area (TPSA) is 51.8 Å². The molecule has 0 atom stereocenters. The molecule has 50 valence electrons. The molecule has 0 aliphatic carbocycles. The Balaban J connectivity index is 2.48. The summed E-state index contributed by atoms with van der Waals surface area (Å²) >= 11 is 1.30. The number of hydrogen-bond donors (Lipinski definition) is 0. The van der Waals surface area contributed by atoms with Gasteiger partial charge in [0.1, 0.15) is 17.7 Å². The van der Waals surface area contributed by atoms with Crippen molar-refractivity contribution in [3.8, 4) is 11.4 Å². The van der Waals surface area contributed by atoms with Crippen molar-refractivity contribution < 1.29 is 4.52 Å². The van der Waals surface area contributed by atoms with Gasteiger partial charge >= 0.3 is 0 Å². The van der Waals surface area contributed by atoms with Gasteiger partial charge < -0.3 is 4.52 Å². The monoisotopic (exact) mass is 153 g/mol. The third kappa shape index (κ3) is 0.801. The van der Waals surface area contributed by atoms with Crippen LogP contribution in [0, 0.1) is 0 Å². The molecule has 0 aromatic carbocycles. The Morgan fingerprint density at radius 3 is 3.00 bits per heavy atom. The van der Waals surface area contributed by atoms with Gasteiger partial charge in [0.2, 0.25) is 0 Å². The van der Waals surface area contributed by atoms with Crippen LogP contribution in [0.1, 0.15) is 0 Å². The second kappa shape index (κ2) is 2.18. The summed E-state index contributed by atoms with van der Waals surface area (Å²) in [5.41, 5.74) is 1.49. The first-order chi connectivity index (χ1) is 4.97. The number of nitrogens with zero attached hydrogens (tertiary/aromatic N) is 3. The quantitative estimate of drug-likeness (QED) is 0.617. The van der Waals surface area contributed by atoms with Crippen molar-refractivity contribution in [1.29, 1.82) is 0 Å². The molecule has 0 fully saturated rings. The maximum Gasteiger partial charge on any atom is 0.135 e. The molecule has 10 heavy (non-hydrogen) atoms. The molecule has 0 saturated heterocycles. The molecule has 0 aliphatic heterocycles. The molecule has 5 heteroatoms. The van der Waals surface area contributed by atoms with Crippen LogP contribution in [-0.4, -0.2) is 14.7 Å². The Labute approximate surface area is 60.6 Å². The van der Waals surface area contributed by atoms with E-state index in [4.69, 9.17) is 0 Å². The van der Waals surface area contributed by atoms with Crippen LogP contribution in [-0.2, 0) is 0 Å². The zero-order chi connectivity index (χ0) is 6.81. The fourth-order valence-corrected chi connectivity index (χ4v) is 1.07. The zero-order valence-corrected chi connectivity index (χ0v) is 5.71. The van der Waals surface area contributed by atoms with Crippen LogP contribution in [0.5, 0.6) is 0 Å². The van der Waals surface area contributed by atoms with Crippen molar-refractivity contribution in [2.24, 2.45) is 0 Å². The van der Waals surface area contributed by atoms with Crippen molar-refractivity contribution in [1.82, 2.24) is 14.7 Å². The van der Waals surface area contributed by atoms with Crippen molar-refractivity contribution in [2.45, 2.75) is 0 Å². The van der Waals surface area contributed by atoms with Crippen molar-refractivity contribution >= 4 is 11.5 Å². The van der Waals surface area contributed by atoms with Gasteiger partial charge in [-0.1, -0.05) is 9.64 Å². The highest BCUT2D eigenvalue weighted by atomic mass is 32.1. The normalized spacial score (nSPS) is 10.0. The summed E-state index contributed by atoms with van der Waals surface area (Å²) in [6, 6.07) is 1.75. The largest absolute Gasteiger partial charge is 0.364 e. The van der Waals surface area contributed by atoms with Gasteiger partial charge in [0.05, 0.1) is 0 Å². The highest BCUT2D eigenvalue weighted by Crippen LogP contribution is 2.13. The van der Waals surface area contributed by atoms with Gasteiger partial charge in [0, 0.05) is 11.4 Å². The lowest BCUT2D eigenvalue weighted by atomic mass is 10.4. The van der Waals surface area contributed by atoms with Crippen LogP contribution in [0.2, 0.25) is 0 Å². The summed E-state index contributed by atoms with van der Waals surface area (Å²) in [7, 11) is 0. The minimum atomic E-state index is 0.730. The second-order valence-corrected chi connectivity index (χ2v) is 2.28. The molecule has 0 N–H and O–H groups in total. The van der Waals surface area contributed by atoms with Crippen LogP contribution >= 0.6 is 11.5 Å². The second-order valence-electron chi connectivity index (χ2n) is 1.67. The Morgan fingerprint density at radius 2 is 2.40 bits per heavy atom. The van der Waals surface area contributed by atoms with E-state index in [1.807, 2.05) is 5.38 Å². The van der Waals surface area contributed by atoms with E-state index in [1.165, 1.54) is 17.8 Å². The molecular formula is C5H3N3OS. The molecule has 2 aromatic rings. The van der Waals surface area contributed by atoms with Crippen LogP contribution in [0.4, 0.5) is 0 Å². The van der Waals surface area contributed by atoms with Gasteiger partial charge in [-0.25, -0.2) is 0 Å². The first-order valence-corrected chi connectivity index (χ1v) is 3.48. The van der Waals surface area contributed by atoms with Crippen LogP contribution in [0.3, 0.4) is 0 Å². The number of rotatable bonds is 1. The molecular weight excluding hydrogens is 150 g/mol. The van der Waals surface area contributed by atoms with E-state index in [0.29, 0.717) is 0 Å². The standard InChI is InChI=1S/C5H3N3OS/c1-2-9-7-4(1)5-3-10-8-6-5/h1-3H. The Morgan fingerprint density at radius 1 is 1.40 bits per heavy atom. The van der Waals surface area contributed by atoms with Gasteiger partial charge in [0.15, 0.2) is 0 Å². The number of hydrogen-bond acceptors (Lipinski definition) is 5. The fourth-order valence-electron chi connectivity index (χ4n) is 0.621. The summed E-state index contributed by atoms with van der Waals surface area (Å²) < 4.78 is 8.31. The molecule has 0 saturated carbocycles. The van der Waals surface area contributed by atoms with Gasteiger partial charge in [-0.3, -0.25) is 0 Å². The summed E-state index contributed by atoms with van der Waals surface area (Å²) in [6.07, 6.45) is 1.51. The summed E-state index contributed by atoms with van der Waals surface area (Å²) in [4.78, 5) is 0. The molecule has 2 heterocycles. The van der Waals surface area contributed by atoms with Gasteiger partial charge in [0.25, 0.3) is 0 Å². The third-order valence-electron chi connectivity index (χ3n) is 1.06. The van der Waals surface area contributed by atoms with Crippen molar-refractivity contribution in [2.75, 3.05) is 0 Å². The van der Waals surface area contributed by atoms with Crippen molar-refractivity contribution in [3.05, 3.63) is 17.7 Å². The zero-order valence-electron chi connectivity index (χ0n) is 4.89. The van der Waals surface area contributed by atoms with Gasteiger partial charge in [-0.05, 0) is 11.5 Å². The maximum atomic E-state index is 4.63. The highest BCUT2D eigenvalue weighted by molar-refractivity contribution is 7.03. The average molecular weight is 153 g/mol. The molecule has 2 aromatic heterocycles. The van der Waals surface area contributed by atoms with Crippen LogP contribution in [0.15, 0.2) is 22.2 Å². The SMILES string of the molecule is c1cc(-c2csnn2)no1. The predicted octanol–water partition coefficient (Wildman–Crippen LogP) is 1.19. The summed E-state index contributed by atoms with van der Waals surface area (Å²) in [6.45, 7) is 0. The molecule has 4 nitrogen and oxygen atoms in total. The van der Waals surface area contributed by atoms with E-state index >= 15 is 0 Å². The van der Waals surface area contributed by atoms with Crippen molar-refractivity contribution in [3.63, 3.8) is 0 Å². The van der Waals surface area contributed by atoms with Crippen LogP contribution in [0.25, 0.3) is 11.4 Å². The lowest BCUT2D eigenvalue weighted by Gasteiger charge is -1.78. The maximum absolute atomic E-state index is 4.63. The molecule has 2 rings (SSSR count). The number of aromatic nitrogens is 3. The van der Waals surface area contributed by atoms with E-state index in [1.54, 1.807) is 6.07 Å². The Hall–Kier alpha value is -1.23. The lowest BCUT2D eigenvalue weighted by Crippen LogP contribution is -1.74. The minimum absolute atomic E-state index is 0.730. The Bertz CT molecular complexity index is 256. The van der Waals surface area contributed by atoms with E-state index in [2.05, 4.69) is 19.3 Å². The molecule has 0 unspecified atom stereocenters. The van der Waals surface area contributed by atoms with Crippen LogP contribution < -0.4 is 0 Å². The fraction of sp³-hybridized carbons (Fsp3) is 0. The molecule has 0 amide bonds. The first-order valence-electron chi connectivity index (χ1n) is 2.64. The van der Waals surface area contributed by atoms with E-state index in [0.717, 1.165) is 11.4 Å². The Kier molecular flexibility index (Phi) is 1.21. The molecule has 0 bridgehead atoms. The van der Waals surface area contributed by atoms with E-state index < -0.39 is 0 Å². The third-order valence-corrected chi connectivity index (χ3v) is 1.56. The lowest BCUT2D eigenvalue weighted by molar-refractivity contribution is 0.422. The first kappa shape index (κ1) is 5.55. The minimum Gasteiger partial charge on any atom is -0.364 e. The van der Waals surface area contributed by atoms with E-state index in [-0.39, 0.29) is 0 Å². The van der Waals surface area contributed by atoms with Gasteiger partial charge in [-0.2, -0.15) is 0 Å². The van der Waals surface area contributed by atoms with E-state index in [9.17, 15) is 0 Å². The molecule has 0 spiro atoms. The smallest absolute Gasteiger partial charge is 0.135 e. The summed E-state index contributed by atoms with van der Waals surface area (Å²) in [5, 5.41) is 9.31. The van der Waals surface area contributed by atoms with Gasteiger partial charge in [-0.15, -0.1) is 5.10 Å². The average Bonchev–Trinajstić information content (AvgIpc) is 2.59.